The van der Waals surface area contributed by atoms with Crippen LogP contribution in [-0.2, 0) is 26.4 Å². The van der Waals surface area contributed by atoms with Crippen LogP contribution in [0.15, 0.2) is 84.9 Å². The van der Waals surface area contributed by atoms with Crippen molar-refractivity contribution in [2.45, 2.75) is 19.3 Å². The van der Waals surface area contributed by atoms with Crippen molar-refractivity contribution >= 4 is 21.0 Å². The first-order valence-electron chi connectivity index (χ1n) is 11.5. The van der Waals surface area contributed by atoms with Crippen LogP contribution < -0.4 is 13.1 Å². The Bertz CT molecular complexity index is 1650. The second-order valence-electron chi connectivity index (χ2n) is 8.21. The zero-order valence-corrected chi connectivity index (χ0v) is 21.6. The van der Waals surface area contributed by atoms with Crippen molar-refractivity contribution in [2.24, 2.45) is 0 Å². The molecule has 0 bridgehead atoms. The zero-order valence-electron chi connectivity index (χ0n) is 20.0. The molecule has 0 atom stereocenters. The first kappa shape index (κ1) is 25.7. The van der Waals surface area contributed by atoms with Gasteiger partial charge in [0.1, 0.15) is 23.0 Å². The third kappa shape index (κ3) is 4.17. The molecule has 1 spiro atoms. The highest BCUT2D eigenvalue weighted by Gasteiger charge is 2.51. The number of hydrogen-bond donors (Lipinski definition) is 0. The summed E-state index contributed by atoms with van der Waals surface area (Å²) in [6.07, 6.45) is 0. The topological polar surface area (TPSA) is 96.0 Å². The van der Waals surface area contributed by atoms with Crippen molar-refractivity contribution in [1.29, 1.82) is 0 Å². The molecule has 4 aromatic rings. The summed E-state index contributed by atoms with van der Waals surface area (Å²) in [7, 11) is -10.6. The largest absolute Gasteiger partial charge is 0.488 e. The van der Waals surface area contributed by atoms with E-state index in [1.165, 1.54) is 24.3 Å². The van der Waals surface area contributed by atoms with Gasteiger partial charge in [-0.3, -0.25) is 0 Å². The number of rotatable bonds is 4. The normalized spacial score (nSPS) is 14.1. The van der Waals surface area contributed by atoms with Gasteiger partial charge in [0.05, 0.1) is 5.41 Å². The zero-order chi connectivity index (χ0) is 27.3. The molecule has 4 aromatic carbocycles. The molecule has 6 rings (SSSR count). The molecule has 0 radical (unpaired) electrons. The smallest absolute Gasteiger partial charge is 0.456 e. The highest BCUT2D eigenvalue weighted by Crippen LogP contribution is 2.62. The summed E-state index contributed by atoms with van der Waals surface area (Å²) < 4.78 is 85.6. The maximum atomic E-state index is 13.2. The van der Waals surface area contributed by atoms with Gasteiger partial charge < -0.3 is 13.1 Å². The van der Waals surface area contributed by atoms with Gasteiger partial charge in [-0.15, -0.1) is 0 Å². The van der Waals surface area contributed by atoms with Gasteiger partial charge in [-0.05, 0) is 46.5 Å². The quantitative estimate of drug-likeness (QED) is 0.232. The maximum Gasteiger partial charge on any atom is 0.488 e. The van der Waals surface area contributed by atoms with Crippen LogP contribution in [0.25, 0.3) is 11.1 Å². The van der Waals surface area contributed by atoms with E-state index in [1.807, 2.05) is 62.4 Å². The lowest BCUT2D eigenvalue weighted by molar-refractivity contribution is 0.418. The van der Waals surface area contributed by atoms with Gasteiger partial charge in [0, 0.05) is 23.3 Å². The number of fused-ring (bicyclic) bond motifs is 9. The minimum Gasteiger partial charge on any atom is -0.456 e. The molecular formula is C27H20F2O7S2. The molecule has 0 N–H and O–H groups in total. The Hall–Kier alpha value is -3.96. The third-order valence-corrected chi connectivity index (χ3v) is 7.06. The van der Waals surface area contributed by atoms with Gasteiger partial charge in [0.15, 0.2) is 0 Å². The third-order valence-electron chi connectivity index (χ3n) is 6.28. The lowest BCUT2D eigenvalue weighted by Crippen LogP contribution is -2.32. The predicted octanol–water partition coefficient (Wildman–Crippen LogP) is 6.37. The molecule has 0 aromatic heterocycles. The second-order valence-corrected chi connectivity index (χ2v) is 10.1. The van der Waals surface area contributed by atoms with E-state index in [1.54, 1.807) is 12.1 Å². The van der Waals surface area contributed by atoms with Crippen LogP contribution in [-0.4, -0.2) is 16.8 Å². The monoisotopic (exact) mass is 558 g/mol. The Morgan fingerprint density at radius 1 is 0.605 bits per heavy atom. The fourth-order valence-corrected chi connectivity index (χ4v) is 5.87. The van der Waals surface area contributed by atoms with E-state index in [2.05, 4.69) is 8.37 Å². The van der Waals surface area contributed by atoms with E-state index in [9.17, 15) is 24.6 Å². The standard InChI is InChI=1S/C25H14F2O7S2.C2H6/c26-35(28,29)33-15-9-11-21-23(13-15)32-24-14-16(34-36(27,30)31)10-12-22(24)25(21)19-7-3-1-5-17(19)18-6-2-4-8-20(18)25;1-2/h1-14H;1-2H3. The molecule has 0 saturated carbocycles. The summed E-state index contributed by atoms with van der Waals surface area (Å²) >= 11 is 0. The van der Waals surface area contributed by atoms with Crippen LogP contribution in [0.5, 0.6) is 23.0 Å². The van der Waals surface area contributed by atoms with Gasteiger partial charge >= 0.3 is 21.0 Å². The average molecular weight is 559 g/mol. The molecule has 0 unspecified atom stereocenters. The summed E-state index contributed by atoms with van der Waals surface area (Å²) in [6, 6.07) is 23.7. The molecule has 7 nitrogen and oxygen atoms in total. The predicted molar refractivity (Wildman–Crippen MR) is 136 cm³/mol. The Balaban J connectivity index is 0.00000144. The molecule has 1 aliphatic heterocycles. The average Bonchev–Trinajstić information content (AvgIpc) is 3.14. The van der Waals surface area contributed by atoms with Crippen LogP contribution in [0.2, 0.25) is 0 Å². The number of hydrogen-bond acceptors (Lipinski definition) is 7. The summed E-state index contributed by atoms with van der Waals surface area (Å²) in [5.41, 5.74) is 3.92. The summed E-state index contributed by atoms with van der Waals surface area (Å²) in [6.45, 7) is 4.00. The molecule has 38 heavy (non-hydrogen) atoms. The minimum absolute atomic E-state index is 0.135. The van der Waals surface area contributed by atoms with Crippen molar-refractivity contribution in [1.82, 2.24) is 0 Å². The van der Waals surface area contributed by atoms with Crippen molar-refractivity contribution < 1.29 is 37.7 Å². The van der Waals surface area contributed by atoms with Gasteiger partial charge in [-0.25, -0.2) is 0 Å². The Labute approximate surface area is 219 Å². The maximum absolute atomic E-state index is 13.2. The fourth-order valence-electron chi connectivity index (χ4n) is 5.21. The van der Waals surface area contributed by atoms with Gasteiger partial charge in [-0.2, -0.15) is 16.8 Å². The van der Waals surface area contributed by atoms with Crippen LogP contribution >= 0.6 is 0 Å². The Kier molecular flexibility index (Phi) is 6.15. The molecule has 0 saturated heterocycles. The van der Waals surface area contributed by atoms with E-state index in [-0.39, 0.29) is 23.0 Å². The molecule has 2 aliphatic rings. The molecule has 11 heteroatoms. The van der Waals surface area contributed by atoms with E-state index < -0.39 is 26.4 Å². The first-order chi connectivity index (χ1) is 18.1. The van der Waals surface area contributed by atoms with E-state index in [0.717, 1.165) is 22.3 Å². The van der Waals surface area contributed by atoms with Crippen LogP contribution in [0, 0.1) is 0 Å². The highest BCUT2D eigenvalue weighted by atomic mass is 32.3. The van der Waals surface area contributed by atoms with Crippen LogP contribution in [0.1, 0.15) is 36.1 Å². The molecule has 0 amide bonds. The van der Waals surface area contributed by atoms with Gasteiger partial charge in [0.25, 0.3) is 0 Å². The molecular weight excluding hydrogens is 538 g/mol. The van der Waals surface area contributed by atoms with E-state index in [4.69, 9.17) is 4.74 Å². The van der Waals surface area contributed by atoms with Crippen molar-refractivity contribution in [3.63, 3.8) is 0 Å². The molecule has 0 fully saturated rings. The number of benzene rings is 4. The fraction of sp³-hybridized carbons (Fsp3) is 0.111. The lowest BCUT2D eigenvalue weighted by atomic mass is 9.66. The van der Waals surface area contributed by atoms with Crippen molar-refractivity contribution in [3.05, 3.63) is 107 Å². The molecule has 1 aliphatic carbocycles. The van der Waals surface area contributed by atoms with Gasteiger partial charge in [-0.1, -0.05) is 70.1 Å². The van der Waals surface area contributed by atoms with Crippen molar-refractivity contribution in [3.8, 4) is 34.1 Å². The summed E-state index contributed by atoms with van der Waals surface area (Å²) in [5.74, 6) is -0.382. The minimum atomic E-state index is -5.30. The van der Waals surface area contributed by atoms with E-state index in [0.29, 0.717) is 11.1 Å². The Morgan fingerprint density at radius 3 is 1.39 bits per heavy atom. The van der Waals surface area contributed by atoms with E-state index >= 15 is 0 Å². The van der Waals surface area contributed by atoms with Crippen LogP contribution in [0.4, 0.5) is 7.77 Å². The van der Waals surface area contributed by atoms with Crippen molar-refractivity contribution in [2.75, 3.05) is 0 Å². The lowest BCUT2D eigenvalue weighted by Gasteiger charge is -2.39. The summed E-state index contributed by atoms with van der Waals surface area (Å²) in [4.78, 5) is 0. The van der Waals surface area contributed by atoms with Crippen LogP contribution in [0.3, 0.4) is 0 Å². The number of ether oxygens (including phenoxy) is 1. The second kappa shape index (κ2) is 9.10. The van der Waals surface area contributed by atoms with Gasteiger partial charge in [0.2, 0.25) is 0 Å². The SMILES string of the molecule is CC.O=S(=O)(F)Oc1ccc2c(c1)Oc1cc(OS(=O)(=O)F)ccc1C21c2ccccc2-c2ccccc21. The summed E-state index contributed by atoms with van der Waals surface area (Å²) in [5, 5.41) is 0. The highest BCUT2D eigenvalue weighted by molar-refractivity contribution is 7.82. The molecule has 196 valence electrons. The first-order valence-corrected chi connectivity index (χ1v) is 14.1. The Morgan fingerprint density at radius 2 is 1.00 bits per heavy atom. The molecule has 1 heterocycles. The number of halogens is 2.